The van der Waals surface area contributed by atoms with Gasteiger partial charge in [0.1, 0.15) is 0 Å². The van der Waals surface area contributed by atoms with Crippen molar-refractivity contribution in [3.63, 3.8) is 0 Å². The molecule has 0 spiro atoms. The van der Waals surface area contributed by atoms with E-state index in [9.17, 15) is 14.7 Å². The normalized spacial score (nSPS) is 13.7. The SMILES string of the molecule is O=C(NCCC(=O)N1CCCC1)c1cccc(-c2ccccc2CO)c1. The minimum absolute atomic E-state index is 0.0504. The topological polar surface area (TPSA) is 69.6 Å². The molecule has 2 amide bonds. The van der Waals surface area contributed by atoms with Gasteiger partial charge < -0.3 is 15.3 Å². The van der Waals surface area contributed by atoms with Crippen LogP contribution in [0.1, 0.15) is 35.2 Å². The van der Waals surface area contributed by atoms with E-state index in [0.717, 1.165) is 42.6 Å². The number of aliphatic hydroxyl groups is 1. The van der Waals surface area contributed by atoms with Crippen LogP contribution in [0.15, 0.2) is 48.5 Å². The van der Waals surface area contributed by atoms with Gasteiger partial charge in [-0.1, -0.05) is 36.4 Å². The summed E-state index contributed by atoms with van der Waals surface area (Å²) in [7, 11) is 0. The number of aliphatic hydroxyl groups excluding tert-OH is 1. The molecule has 1 fully saturated rings. The fraction of sp³-hybridized carbons (Fsp3) is 0.333. The van der Waals surface area contributed by atoms with Gasteiger partial charge in [-0.25, -0.2) is 0 Å². The molecule has 0 unspecified atom stereocenters. The number of amides is 2. The lowest BCUT2D eigenvalue weighted by atomic mass is 9.98. The van der Waals surface area contributed by atoms with E-state index in [-0.39, 0.29) is 18.4 Å². The number of likely N-dealkylation sites (tertiary alicyclic amines) is 1. The molecule has 1 aliphatic rings. The number of hydrogen-bond acceptors (Lipinski definition) is 3. The fourth-order valence-corrected chi connectivity index (χ4v) is 3.28. The number of hydrogen-bond donors (Lipinski definition) is 2. The predicted octanol–water partition coefficient (Wildman–Crippen LogP) is 2.59. The highest BCUT2D eigenvalue weighted by Crippen LogP contribution is 2.24. The maximum absolute atomic E-state index is 12.4. The number of rotatable bonds is 6. The molecule has 1 heterocycles. The first-order valence-electron chi connectivity index (χ1n) is 9.04. The highest BCUT2D eigenvalue weighted by molar-refractivity contribution is 5.95. The molecular formula is C21H24N2O3. The van der Waals surface area contributed by atoms with Gasteiger partial charge in [0.05, 0.1) is 6.61 Å². The molecule has 136 valence electrons. The lowest BCUT2D eigenvalue weighted by Gasteiger charge is -2.15. The summed E-state index contributed by atoms with van der Waals surface area (Å²) in [5.74, 6) is -0.0871. The Balaban J connectivity index is 1.62. The second kappa shape index (κ2) is 8.63. The smallest absolute Gasteiger partial charge is 0.251 e. The van der Waals surface area contributed by atoms with E-state index in [0.29, 0.717) is 18.5 Å². The Morgan fingerprint density at radius 1 is 1.04 bits per heavy atom. The molecule has 0 atom stereocenters. The zero-order chi connectivity index (χ0) is 18.4. The summed E-state index contributed by atoms with van der Waals surface area (Å²) in [5.41, 5.74) is 3.16. The van der Waals surface area contributed by atoms with Gasteiger partial charge >= 0.3 is 0 Å². The highest BCUT2D eigenvalue weighted by Gasteiger charge is 2.17. The van der Waals surface area contributed by atoms with E-state index in [2.05, 4.69) is 5.32 Å². The van der Waals surface area contributed by atoms with Crippen molar-refractivity contribution in [3.05, 3.63) is 59.7 Å². The molecule has 3 rings (SSSR count). The quantitative estimate of drug-likeness (QED) is 0.839. The second-order valence-corrected chi connectivity index (χ2v) is 6.49. The van der Waals surface area contributed by atoms with Crippen LogP contribution in [0.4, 0.5) is 0 Å². The third-order valence-corrected chi connectivity index (χ3v) is 4.71. The monoisotopic (exact) mass is 352 g/mol. The minimum Gasteiger partial charge on any atom is -0.392 e. The van der Waals surface area contributed by atoms with Gasteiger partial charge in [-0.15, -0.1) is 0 Å². The molecule has 1 aliphatic heterocycles. The van der Waals surface area contributed by atoms with E-state index in [1.54, 1.807) is 6.07 Å². The van der Waals surface area contributed by atoms with Gasteiger partial charge in [0.25, 0.3) is 5.91 Å². The Morgan fingerprint density at radius 3 is 2.58 bits per heavy atom. The lowest BCUT2D eigenvalue weighted by molar-refractivity contribution is -0.129. The van der Waals surface area contributed by atoms with E-state index >= 15 is 0 Å². The Kier molecular flexibility index (Phi) is 6.02. The summed E-state index contributed by atoms with van der Waals surface area (Å²) in [6.45, 7) is 1.95. The van der Waals surface area contributed by atoms with Gasteiger partial charge in [-0.05, 0) is 41.7 Å². The second-order valence-electron chi connectivity index (χ2n) is 6.49. The van der Waals surface area contributed by atoms with Crippen molar-refractivity contribution < 1.29 is 14.7 Å². The summed E-state index contributed by atoms with van der Waals surface area (Å²) >= 11 is 0. The molecule has 0 bridgehead atoms. The summed E-state index contributed by atoms with van der Waals surface area (Å²) in [5, 5.41) is 12.3. The molecule has 2 aromatic rings. The zero-order valence-electron chi connectivity index (χ0n) is 14.8. The van der Waals surface area contributed by atoms with Crippen molar-refractivity contribution in [2.75, 3.05) is 19.6 Å². The van der Waals surface area contributed by atoms with Crippen LogP contribution in [-0.2, 0) is 11.4 Å². The molecule has 0 aromatic heterocycles. The van der Waals surface area contributed by atoms with Gasteiger partial charge in [-0.2, -0.15) is 0 Å². The average molecular weight is 352 g/mol. The molecule has 5 heteroatoms. The van der Waals surface area contributed by atoms with Gasteiger partial charge in [-0.3, -0.25) is 9.59 Å². The fourth-order valence-electron chi connectivity index (χ4n) is 3.28. The van der Waals surface area contributed by atoms with E-state index in [1.807, 2.05) is 47.4 Å². The molecule has 0 aliphatic carbocycles. The zero-order valence-corrected chi connectivity index (χ0v) is 14.8. The average Bonchev–Trinajstić information content (AvgIpc) is 3.23. The van der Waals surface area contributed by atoms with Crippen LogP contribution in [0, 0.1) is 0 Å². The standard InChI is InChI=1S/C21H24N2O3/c24-15-18-6-1-2-9-19(18)16-7-5-8-17(14-16)21(26)22-11-10-20(25)23-12-3-4-13-23/h1-2,5-9,14,24H,3-4,10-13,15H2,(H,22,26). The molecule has 0 radical (unpaired) electrons. The third-order valence-electron chi connectivity index (χ3n) is 4.71. The first-order valence-corrected chi connectivity index (χ1v) is 9.04. The Labute approximate surface area is 153 Å². The Morgan fingerprint density at radius 2 is 1.81 bits per heavy atom. The number of carbonyl (C=O) groups excluding carboxylic acids is 2. The summed E-state index contributed by atoms with van der Waals surface area (Å²) < 4.78 is 0. The maximum Gasteiger partial charge on any atom is 0.251 e. The summed E-state index contributed by atoms with van der Waals surface area (Å²) in [4.78, 5) is 26.3. The van der Waals surface area contributed by atoms with E-state index in [1.165, 1.54) is 0 Å². The van der Waals surface area contributed by atoms with Crippen molar-refractivity contribution in [3.8, 4) is 11.1 Å². The van der Waals surface area contributed by atoms with Crippen LogP contribution >= 0.6 is 0 Å². The number of carbonyl (C=O) groups is 2. The molecule has 2 N–H and O–H groups in total. The predicted molar refractivity (Wildman–Crippen MR) is 101 cm³/mol. The third kappa shape index (κ3) is 4.29. The molecule has 2 aromatic carbocycles. The lowest BCUT2D eigenvalue weighted by Crippen LogP contribution is -2.32. The Bertz CT molecular complexity index is 782. The van der Waals surface area contributed by atoms with Crippen molar-refractivity contribution >= 4 is 11.8 Å². The van der Waals surface area contributed by atoms with Gasteiger partial charge in [0.15, 0.2) is 0 Å². The minimum atomic E-state index is -0.192. The van der Waals surface area contributed by atoms with E-state index in [4.69, 9.17) is 0 Å². The summed E-state index contributed by atoms with van der Waals surface area (Å²) in [6.07, 6.45) is 2.47. The van der Waals surface area contributed by atoms with Crippen molar-refractivity contribution in [2.24, 2.45) is 0 Å². The van der Waals surface area contributed by atoms with Crippen LogP contribution in [0.2, 0.25) is 0 Å². The first kappa shape index (κ1) is 18.1. The largest absolute Gasteiger partial charge is 0.392 e. The van der Waals surface area contributed by atoms with Crippen LogP contribution < -0.4 is 5.32 Å². The van der Waals surface area contributed by atoms with Crippen LogP contribution in [0.3, 0.4) is 0 Å². The van der Waals surface area contributed by atoms with Crippen molar-refractivity contribution in [1.82, 2.24) is 10.2 Å². The number of benzene rings is 2. The van der Waals surface area contributed by atoms with Gasteiger partial charge in [0.2, 0.25) is 5.91 Å². The maximum atomic E-state index is 12.4. The molecular weight excluding hydrogens is 328 g/mol. The molecule has 1 saturated heterocycles. The summed E-state index contributed by atoms with van der Waals surface area (Å²) in [6, 6.07) is 14.9. The van der Waals surface area contributed by atoms with Crippen LogP contribution in [0.5, 0.6) is 0 Å². The molecule has 5 nitrogen and oxygen atoms in total. The molecule has 0 saturated carbocycles. The molecule has 26 heavy (non-hydrogen) atoms. The van der Waals surface area contributed by atoms with Crippen LogP contribution in [-0.4, -0.2) is 41.5 Å². The van der Waals surface area contributed by atoms with Gasteiger partial charge in [0, 0.05) is 31.6 Å². The number of nitrogens with one attached hydrogen (secondary N) is 1. The van der Waals surface area contributed by atoms with Crippen molar-refractivity contribution in [2.45, 2.75) is 25.9 Å². The first-order chi connectivity index (χ1) is 12.7. The van der Waals surface area contributed by atoms with E-state index < -0.39 is 0 Å². The van der Waals surface area contributed by atoms with Crippen LogP contribution in [0.25, 0.3) is 11.1 Å². The highest BCUT2D eigenvalue weighted by atomic mass is 16.3. The number of nitrogens with zero attached hydrogens (tertiary/aromatic N) is 1. The Hall–Kier alpha value is -2.66. The van der Waals surface area contributed by atoms with Crippen molar-refractivity contribution in [1.29, 1.82) is 0 Å².